The summed E-state index contributed by atoms with van der Waals surface area (Å²) in [7, 11) is -6.39. The molecule has 1 aliphatic rings. The summed E-state index contributed by atoms with van der Waals surface area (Å²) in [6.45, 7) is 46.6. The fourth-order valence-electron chi connectivity index (χ4n) is 6.15. The van der Waals surface area contributed by atoms with Crippen molar-refractivity contribution in [3.8, 4) is 17.2 Å². The zero-order valence-electron chi connectivity index (χ0n) is 39.9. The van der Waals surface area contributed by atoms with Crippen LogP contribution in [0.4, 0.5) is 0 Å². The third-order valence-electron chi connectivity index (χ3n) is 13.0. The molecule has 1 aromatic rings. The number of aliphatic hydroxyl groups excluding tert-OH is 1. The Kier molecular flexibility index (Phi) is 18.1. The van der Waals surface area contributed by atoms with Crippen molar-refractivity contribution >= 4 is 33.0 Å². The summed E-state index contributed by atoms with van der Waals surface area (Å²) in [4.78, 5) is 0. The Morgan fingerprint density at radius 1 is 0.750 bits per heavy atom. The molecule has 0 amide bonds. The van der Waals surface area contributed by atoms with Crippen molar-refractivity contribution in [2.75, 3.05) is 13.7 Å². The molecule has 0 radical (unpaired) electrons. The van der Waals surface area contributed by atoms with Crippen LogP contribution in [0.15, 0.2) is 24.3 Å². The lowest BCUT2D eigenvalue weighted by Gasteiger charge is -2.51. The van der Waals surface area contributed by atoms with Crippen molar-refractivity contribution in [3.63, 3.8) is 0 Å². The molecule has 56 heavy (non-hydrogen) atoms. The molecule has 2 rings (SSSR count). The molecule has 1 N–H and O–H groups in total. The van der Waals surface area contributed by atoms with Gasteiger partial charge in [-0.2, -0.15) is 0 Å². The van der Waals surface area contributed by atoms with Gasteiger partial charge in [0.05, 0.1) is 44.7 Å². The first-order chi connectivity index (χ1) is 25.2. The molecule has 0 bridgehead atoms. The summed E-state index contributed by atoms with van der Waals surface area (Å²) in [5.41, 5.74) is 4.61. The number of hydrogen-bond donors (Lipinski definition) is 1. The number of aliphatic hydroxyl groups is 1. The highest BCUT2D eigenvalue weighted by Gasteiger charge is 2.50. The minimum absolute atomic E-state index is 0.0268. The topological polar surface area (TPSA) is 75.6 Å². The summed E-state index contributed by atoms with van der Waals surface area (Å²) >= 11 is 0. The van der Waals surface area contributed by atoms with Crippen molar-refractivity contribution in [1.29, 1.82) is 0 Å². The van der Waals surface area contributed by atoms with Crippen LogP contribution in [0.2, 0.25) is 74.0 Å². The van der Waals surface area contributed by atoms with Gasteiger partial charge in [0, 0.05) is 6.42 Å². The number of ether oxygens (including phenoxy) is 3. The minimum atomic E-state index is -2.20. The van der Waals surface area contributed by atoms with Crippen LogP contribution < -0.4 is 4.74 Å². The predicted molar refractivity (Wildman–Crippen MR) is 247 cm³/mol. The van der Waals surface area contributed by atoms with Crippen molar-refractivity contribution in [2.24, 2.45) is 11.8 Å². The van der Waals surface area contributed by atoms with Crippen molar-refractivity contribution in [1.82, 2.24) is 0 Å². The lowest BCUT2D eigenvalue weighted by Crippen LogP contribution is -2.60. The van der Waals surface area contributed by atoms with Gasteiger partial charge in [-0.05, 0) is 96.8 Å². The van der Waals surface area contributed by atoms with Crippen molar-refractivity contribution in [2.45, 2.75) is 213 Å². The molecule has 324 valence electrons. The second kappa shape index (κ2) is 19.7. The number of rotatable bonds is 17. The van der Waals surface area contributed by atoms with Crippen LogP contribution in [0.1, 0.15) is 101 Å². The molecule has 0 aromatic heterocycles. The van der Waals surface area contributed by atoms with Gasteiger partial charge in [-0.3, -0.25) is 0 Å². The number of benzene rings is 1. The molecular formula is C45H86O7Si4. The van der Waals surface area contributed by atoms with Gasteiger partial charge in [0.15, 0.2) is 25.0 Å². The van der Waals surface area contributed by atoms with Crippen LogP contribution in [0.25, 0.3) is 0 Å². The molecule has 0 saturated carbocycles. The Morgan fingerprint density at radius 2 is 1.25 bits per heavy atom. The van der Waals surface area contributed by atoms with Crippen molar-refractivity contribution in [3.05, 3.63) is 29.8 Å². The fraction of sp³-hybridized carbons (Fsp3) is 0.822. The van der Waals surface area contributed by atoms with Crippen LogP contribution >= 0.6 is 0 Å². The molecule has 4 unspecified atom stereocenters. The molecule has 1 heterocycles. The summed E-state index contributed by atoms with van der Waals surface area (Å²) in [5.74, 6) is 4.37. The van der Waals surface area contributed by atoms with E-state index in [2.05, 4.69) is 147 Å². The van der Waals surface area contributed by atoms with Gasteiger partial charge in [-0.1, -0.05) is 114 Å². The van der Waals surface area contributed by atoms with Gasteiger partial charge in [-0.25, -0.2) is 0 Å². The second-order valence-corrected chi connectivity index (χ2v) is 41.5. The second-order valence-electron chi connectivity index (χ2n) is 22.5. The SMILES string of the molecule is COc1ccc(COC(C#C[Si](C)(C)C)C(C)CC(O)CC(C)[C@@H]2O[C@H](CO[Si](C)(C)C(C)(C)C)[C@H](O[Si](C)(C)C(C)(C)C)C[C@@H]2O[Si](C)(C)C(C)(C)C)cc1. The van der Waals surface area contributed by atoms with E-state index in [4.69, 9.17) is 27.5 Å². The lowest BCUT2D eigenvalue weighted by atomic mass is 9.85. The molecule has 7 nitrogen and oxygen atoms in total. The Morgan fingerprint density at radius 3 is 1.71 bits per heavy atom. The zero-order valence-corrected chi connectivity index (χ0v) is 43.9. The van der Waals surface area contributed by atoms with Crippen LogP contribution in [0.3, 0.4) is 0 Å². The minimum Gasteiger partial charge on any atom is -0.497 e. The van der Waals surface area contributed by atoms with E-state index in [1.54, 1.807) is 7.11 Å². The Hall–Kier alpha value is -0.792. The van der Waals surface area contributed by atoms with E-state index < -0.39 is 39.1 Å². The quantitative estimate of drug-likeness (QED) is 0.124. The number of hydrogen-bond acceptors (Lipinski definition) is 7. The maximum absolute atomic E-state index is 11.8. The molecule has 0 spiro atoms. The Labute approximate surface area is 349 Å². The Balaban J connectivity index is 2.43. The lowest BCUT2D eigenvalue weighted by molar-refractivity contribution is -0.187. The standard InChI is InChI=1S/C45H86O7Si4/c1-33(38(26-27-53(13,14)15)48-31-35-22-24-37(47-12)25-23-35)28-36(46)29-34(2)42-40(52-56(20,21)45(9,10)11)30-39(51-55(18,19)44(6,7)8)41(50-42)32-49-54(16,17)43(3,4)5/h22-25,33-34,36,38-42,46H,28-32H2,1-21H3/t33?,34?,36?,38?,39-,40+,41-,42+/m1/s1. The van der Waals surface area contributed by atoms with Crippen molar-refractivity contribution < 1.29 is 32.6 Å². The third-order valence-corrected chi connectivity index (χ3v) is 27.4. The van der Waals surface area contributed by atoms with E-state index in [9.17, 15) is 5.11 Å². The summed E-state index contributed by atoms with van der Waals surface area (Å²) in [5, 5.41) is 12.0. The maximum Gasteiger partial charge on any atom is 0.192 e. The van der Waals surface area contributed by atoms with Crippen LogP contribution in [0, 0.1) is 23.3 Å². The van der Waals surface area contributed by atoms with E-state index in [0.717, 1.165) is 17.7 Å². The number of methoxy groups -OCH3 is 1. The normalized spacial score (nSPS) is 22.8. The largest absolute Gasteiger partial charge is 0.497 e. The molecule has 1 fully saturated rings. The molecule has 1 saturated heterocycles. The van der Waals surface area contributed by atoms with Gasteiger partial charge >= 0.3 is 0 Å². The first-order valence-electron chi connectivity index (χ1n) is 21.3. The predicted octanol–water partition coefficient (Wildman–Crippen LogP) is 11.8. The zero-order chi connectivity index (χ0) is 43.3. The van der Waals surface area contributed by atoms with Gasteiger partial charge in [0.1, 0.15) is 26.0 Å². The molecule has 11 heteroatoms. The summed E-state index contributed by atoms with van der Waals surface area (Å²) in [6.07, 6.45) is 0.328. The van der Waals surface area contributed by atoms with Gasteiger partial charge in [0.2, 0.25) is 0 Å². The smallest absolute Gasteiger partial charge is 0.192 e. The highest BCUT2D eigenvalue weighted by atomic mass is 28.4. The fourth-order valence-corrected chi connectivity index (χ4v) is 10.4. The van der Waals surface area contributed by atoms with E-state index >= 15 is 0 Å². The van der Waals surface area contributed by atoms with E-state index in [0.29, 0.717) is 26.1 Å². The van der Waals surface area contributed by atoms with Crippen LogP contribution in [0.5, 0.6) is 5.75 Å². The first-order valence-corrected chi connectivity index (χ1v) is 33.5. The van der Waals surface area contributed by atoms with Crippen LogP contribution in [-0.4, -0.2) is 88.5 Å². The van der Waals surface area contributed by atoms with Gasteiger partial charge < -0.3 is 32.6 Å². The van der Waals surface area contributed by atoms with Gasteiger partial charge in [0.25, 0.3) is 0 Å². The maximum atomic E-state index is 11.8. The summed E-state index contributed by atoms with van der Waals surface area (Å²) in [6, 6.07) is 7.97. The average molecular weight is 852 g/mol. The Bertz CT molecular complexity index is 1410. The van der Waals surface area contributed by atoms with E-state index in [-0.39, 0.29) is 57.5 Å². The first kappa shape index (κ1) is 51.3. The highest BCUT2D eigenvalue weighted by Crippen LogP contribution is 2.44. The average Bonchev–Trinajstić information content (AvgIpc) is 3.02. The van der Waals surface area contributed by atoms with Gasteiger partial charge in [-0.15, -0.1) is 5.54 Å². The molecule has 1 aromatic carbocycles. The third kappa shape index (κ3) is 15.3. The monoisotopic (exact) mass is 851 g/mol. The molecule has 1 aliphatic heterocycles. The molecule has 8 atom stereocenters. The molecular weight excluding hydrogens is 765 g/mol. The van der Waals surface area contributed by atoms with E-state index in [1.165, 1.54) is 0 Å². The van der Waals surface area contributed by atoms with Crippen LogP contribution in [-0.2, 0) is 29.4 Å². The molecule has 0 aliphatic carbocycles. The highest BCUT2D eigenvalue weighted by molar-refractivity contribution is 6.83. The van der Waals surface area contributed by atoms with E-state index in [1.807, 2.05) is 24.3 Å². The summed E-state index contributed by atoms with van der Waals surface area (Å²) < 4.78 is 40.5.